The molecule has 2 aromatic heterocycles. The third kappa shape index (κ3) is 8.14. The van der Waals surface area contributed by atoms with Gasteiger partial charge in [-0.05, 0) is 90.0 Å². The van der Waals surface area contributed by atoms with Crippen LogP contribution in [0.4, 0.5) is 9.59 Å². The number of methoxy groups -OCH3 is 2. The molecule has 5 aliphatic rings. The summed E-state index contributed by atoms with van der Waals surface area (Å²) in [6, 6.07) is 10.9. The quantitative estimate of drug-likeness (QED) is 0.122. The zero-order valence-corrected chi connectivity index (χ0v) is 37.6. The van der Waals surface area contributed by atoms with E-state index in [-0.39, 0.29) is 36.2 Å². The Morgan fingerprint density at radius 3 is 2.00 bits per heavy atom. The van der Waals surface area contributed by atoms with E-state index in [1.165, 1.54) is 50.2 Å². The number of hydrogen-bond donors (Lipinski definition) is 4. The third-order valence-corrected chi connectivity index (χ3v) is 14.1. The van der Waals surface area contributed by atoms with Crippen molar-refractivity contribution in [2.45, 2.75) is 109 Å². The second-order valence-corrected chi connectivity index (χ2v) is 18.8. The second-order valence-electron chi connectivity index (χ2n) is 18.8. The lowest BCUT2D eigenvalue weighted by molar-refractivity contribution is -0.153. The molecule has 3 saturated heterocycles. The monoisotopic (exact) mass is 876 g/mol. The van der Waals surface area contributed by atoms with Gasteiger partial charge in [-0.1, -0.05) is 64.1 Å². The molecule has 340 valence electrons. The molecule has 0 radical (unpaired) electrons. The SMILES string of the molecule is COC(=O)NC(C(=O)N1CC2(CC1c1ncc(-c3ccc(-c4ccc(-c5cnc(C6CCCN6C(=O)C(NC(=O)OC)C(C)C)[nH]5)c5c4C4CCC(C5)C4)cc3)[nH]1)OCCO2)C(C)C. The number of H-pyrrole nitrogens is 2. The lowest BCUT2D eigenvalue weighted by Crippen LogP contribution is -2.52. The van der Waals surface area contributed by atoms with Crippen LogP contribution < -0.4 is 10.6 Å². The van der Waals surface area contributed by atoms with Crippen LogP contribution in [0.1, 0.15) is 107 Å². The topological polar surface area (TPSA) is 193 Å². The van der Waals surface area contributed by atoms with Crippen molar-refractivity contribution in [2.24, 2.45) is 17.8 Å². The number of benzene rings is 2. The standard InChI is InChI=1S/C48H60N8O8/c1-26(2)40(53-46(59)61-5)44(57)55-17-7-8-37(55)42-50-24-36(52-42)33-16-15-32(39-31-10-9-28(20-31)21-34(33)39)29-11-13-30(14-12-29)35-23-49-43(51-35)38-22-48(63-18-19-64-48)25-56(38)45(58)41(27(3)4)54-47(60)62-6/h11-16,23-24,26-28,31,37-38,40-41H,7-10,17-22,25H2,1-6H3,(H,49,51)(H,50,52)(H,53,59)(H,54,60). The molecule has 5 heterocycles. The molecule has 4 fully saturated rings. The fourth-order valence-corrected chi connectivity index (χ4v) is 10.9. The predicted octanol–water partition coefficient (Wildman–Crippen LogP) is 7.01. The summed E-state index contributed by atoms with van der Waals surface area (Å²) >= 11 is 0. The van der Waals surface area contributed by atoms with Gasteiger partial charge in [-0.25, -0.2) is 19.6 Å². The molecule has 2 aliphatic carbocycles. The summed E-state index contributed by atoms with van der Waals surface area (Å²) in [5.41, 5.74) is 9.09. The number of ether oxygens (including phenoxy) is 4. The number of aromatic nitrogens is 4. The maximum Gasteiger partial charge on any atom is 0.407 e. The smallest absolute Gasteiger partial charge is 0.407 e. The molecule has 2 bridgehead atoms. The zero-order chi connectivity index (χ0) is 44.9. The molecule has 3 aliphatic heterocycles. The van der Waals surface area contributed by atoms with Crippen molar-refractivity contribution in [2.75, 3.05) is 40.5 Å². The number of hydrogen-bond acceptors (Lipinski definition) is 10. The van der Waals surface area contributed by atoms with Crippen LogP contribution in [0.5, 0.6) is 0 Å². The van der Waals surface area contributed by atoms with Crippen molar-refractivity contribution in [3.63, 3.8) is 0 Å². The Labute approximate surface area is 373 Å². The zero-order valence-electron chi connectivity index (χ0n) is 37.6. The summed E-state index contributed by atoms with van der Waals surface area (Å²) in [4.78, 5) is 72.7. The number of alkyl carbamates (subject to hydrolysis) is 2. The Bertz CT molecular complexity index is 2390. The van der Waals surface area contributed by atoms with Gasteiger partial charge < -0.3 is 49.3 Å². The number of imidazole rings is 2. The molecule has 4 aromatic rings. The number of likely N-dealkylation sites (tertiary alicyclic amines) is 2. The van der Waals surface area contributed by atoms with Gasteiger partial charge in [0.15, 0.2) is 5.79 Å². The second kappa shape index (κ2) is 17.7. The van der Waals surface area contributed by atoms with Crippen LogP contribution in [0.15, 0.2) is 48.8 Å². The summed E-state index contributed by atoms with van der Waals surface area (Å²) in [5.74, 6) is 0.896. The van der Waals surface area contributed by atoms with Crippen LogP contribution in [-0.2, 0) is 35.0 Å². The van der Waals surface area contributed by atoms with E-state index in [9.17, 15) is 19.2 Å². The van der Waals surface area contributed by atoms with E-state index in [1.54, 1.807) is 11.1 Å². The molecular formula is C48H60N8O8. The number of amides is 4. The van der Waals surface area contributed by atoms with Gasteiger partial charge in [0.1, 0.15) is 23.7 Å². The van der Waals surface area contributed by atoms with E-state index in [0.29, 0.717) is 43.8 Å². The normalized spacial score (nSPS) is 23.1. The Kier molecular flexibility index (Phi) is 12.0. The van der Waals surface area contributed by atoms with E-state index in [0.717, 1.165) is 53.2 Å². The molecule has 1 spiro atoms. The summed E-state index contributed by atoms with van der Waals surface area (Å²) < 4.78 is 21.8. The van der Waals surface area contributed by atoms with Gasteiger partial charge in [0.05, 0.1) is 69.8 Å². The number of nitrogens with one attached hydrogen (secondary N) is 4. The molecule has 2 aromatic carbocycles. The van der Waals surface area contributed by atoms with Crippen molar-refractivity contribution in [3.05, 3.63) is 71.6 Å². The molecule has 64 heavy (non-hydrogen) atoms. The van der Waals surface area contributed by atoms with Gasteiger partial charge >= 0.3 is 12.2 Å². The van der Waals surface area contributed by atoms with E-state index < -0.39 is 36.1 Å². The van der Waals surface area contributed by atoms with Crippen LogP contribution >= 0.6 is 0 Å². The number of fused-ring (bicyclic) bond motifs is 4. The average Bonchev–Trinajstić information content (AvgIpc) is 4.17. The lowest BCUT2D eigenvalue weighted by Gasteiger charge is -2.30. The van der Waals surface area contributed by atoms with Gasteiger partial charge in [0.25, 0.3) is 0 Å². The van der Waals surface area contributed by atoms with Crippen LogP contribution in [0.3, 0.4) is 0 Å². The van der Waals surface area contributed by atoms with Crippen LogP contribution in [-0.4, -0.2) is 112 Å². The minimum absolute atomic E-state index is 0.111. The summed E-state index contributed by atoms with van der Waals surface area (Å²) in [6.45, 7) is 9.31. The number of carbonyl (C=O) groups excluding carboxylic acids is 4. The van der Waals surface area contributed by atoms with Crippen LogP contribution in [0, 0.1) is 17.8 Å². The molecular weight excluding hydrogens is 817 g/mol. The fraction of sp³-hybridized carbons (Fsp3) is 0.542. The first-order valence-corrected chi connectivity index (χ1v) is 22.8. The van der Waals surface area contributed by atoms with Crippen molar-refractivity contribution in [3.8, 4) is 33.6 Å². The van der Waals surface area contributed by atoms with Gasteiger partial charge in [0, 0.05) is 18.5 Å². The molecule has 6 atom stereocenters. The molecule has 9 rings (SSSR count). The van der Waals surface area contributed by atoms with E-state index in [1.807, 2.05) is 38.8 Å². The van der Waals surface area contributed by atoms with E-state index in [4.69, 9.17) is 28.9 Å². The highest BCUT2D eigenvalue weighted by Crippen LogP contribution is 2.52. The number of rotatable bonds is 11. The van der Waals surface area contributed by atoms with E-state index in [2.05, 4.69) is 57.0 Å². The minimum Gasteiger partial charge on any atom is -0.453 e. The number of nitrogens with zero attached hydrogens (tertiary/aromatic N) is 4. The van der Waals surface area contributed by atoms with Crippen molar-refractivity contribution < 1.29 is 38.1 Å². The Morgan fingerprint density at radius 1 is 0.750 bits per heavy atom. The van der Waals surface area contributed by atoms with E-state index >= 15 is 0 Å². The van der Waals surface area contributed by atoms with Gasteiger partial charge in [0.2, 0.25) is 11.8 Å². The summed E-state index contributed by atoms with van der Waals surface area (Å²) in [6.07, 6.45) is 9.07. The Hall–Kier alpha value is -5.74. The molecule has 4 amide bonds. The highest BCUT2D eigenvalue weighted by molar-refractivity contribution is 5.87. The first kappa shape index (κ1) is 43.5. The molecule has 6 unspecified atom stereocenters. The number of aromatic amines is 2. The first-order chi connectivity index (χ1) is 30.9. The highest BCUT2D eigenvalue weighted by Gasteiger charge is 2.53. The fourth-order valence-electron chi connectivity index (χ4n) is 10.9. The molecule has 16 nitrogen and oxygen atoms in total. The Balaban J connectivity index is 0.965. The first-order valence-electron chi connectivity index (χ1n) is 22.8. The van der Waals surface area contributed by atoms with Crippen molar-refractivity contribution in [1.29, 1.82) is 0 Å². The van der Waals surface area contributed by atoms with Gasteiger partial charge in [-0.15, -0.1) is 0 Å². The maximum atomic E-state index is 14.1. The van der Waals surface area contributed by atoms with Gasteiger partial charge in [-0.3, -0.25) is 9.59 Å². The Morgan fingerprint density at radius 2 is 1.34 bits per heavy atom. The largest absolute Gasteiger partial charge is 0.453 e. The molecule has 4 N–H and O–H groups in total. The third-order valence-electron chi connectivity index (χ3n) is 14.1. The average molecular weight is 877 g/mol. The van der Waals surface area contributed by atoms with Crippen LogP contribution in [0.2, 0.25) is 0 Å². The predicted molar refractivity (Wildman–Crippen MR) is 237 cm³/mol. The minimum atomic E-state index is -0.935. The molecule has 16 heteroatoms. The molecule has 1 saturated carbocycles. The van der Waals surface area contributed by atoms with Crippen molar-refractivity contribution in [1.82, 2.24) is 40.4 Å². The lowest BCUT2D eigenvalue weighted by atomic mass is 9.76. The number of carbonyl (C=O) groups is 4. The summed E-state index contributed by atoms with van der Waals surface area (Å²) in [7, 11) is 2.58. The summed E-state index contributed by atoms with van der Waals surface area (Å²) in [5, 5.41) is 5.46. The maximum absolute atomic E-state index is 14.1. The van der Waals surface area contributed by atoms with Crippen LogP contribution in [0.25, 0.3) is 33.6 Å². The van der Waals surface area contributed by atoms with Crippen molar-refractivity contribution >= 4 is 24.0 Å². The van der Waals surface area contributed by atoms with Gasteiger partial charge in [-0.2, -0.15) is 0 Å². The highest BCUT2D eigenvalue weighted by atomic mass is 16.7.